The van der Waals surface area contributed by atoms with Gasteiger partial charge in [0.1, 0.15) is 4.90 Å². The molecule has 1 aromatic heterocycles. The fourth-order valence-electron chi connectivity index (χ4n) is 5.46. The number of rotatable bonds is 6. The van der Waals surface area contributed by atoms with E-state index in [0.717, 1.165) is 30.0 Å². The zero-order valence-corrected chi connectivity index (χ0v) is 18.2. The van der Waals surface area contributed by atoms with Crippen molar-refractivity contribution in [3.8, 4) is 0 Å². The molecule has 2 atom stereocenters. The van der Waals surface area contributed by atoms with E-state index in [1.165, 1.54) is 35.8 Å². The summed E-state index contributed by atoms with van der Waals surface area (Å²) in [6.07, 6.45) is 9.50. The lowest BCUT2D eigenvalue weighted by Gasteiger charge is -2.35. The number of nitrogens with zero attached hydrogens (tertiary/aromatic N) is 3. The second kappa shape index (κ2) is 8.31. The lowest BCUT2D eigenvalue weighted by atomic mass is 9.85. The molecule has 1 saturated carbocycles. The molecule has 1 aromatic rings. The lowest BCUT2D eigenvalue weighted by molar-refractivity contribution is -0.149. The van der Waals surface area contributed by atoms with Crippen LogP contribution >= 0.6 is 0 Å². The van der Waals surface area contributed by atoms with Crippen LogP contribution in [0.3, 0.4) is 0 Å². The molecular weight excluding hydrogens is 420 g/mol. The van der Waals surface area contributed by atoms with Crippen molar-refractivity contribution in [1.82, 2.24) is 14.2 Å². The number of nitrogens with two attached hydrogens (primary N) is 1. The number of likely N-dealkylation sites (tertiary alicyclic amines) is 1. The summed E-state index contributed by atoms with van der Waals surface area (Å²) >= 11 is 0. The summed E-state index contributed by atoms with van der Waals surface area (Å²) in [5.41, 5.74) is 3.76. The molecule has 3 aliphatic rings. The van der Waals surface area contributed by atoms with Gasteiger partial charge in [0.15, 0.2) is 11.3 Å². The van der Waals surface area contributed by atoms with E-state index in [1.807, 2.05) is 0 Å². The van der Waals surface area contributed by atoms with Crippen molar-refractivity contribution in [2.45, 2.75) is 67.8 Å². The predicted octanol–water partition coefficient (Wildman–Crippen LogP) is 0.840. The number of carbonyl (C=O) groups is 3. The van der Waals surface area contributed by atoms with E-state index in [2.05, 4.69) is 4.98 Å². The standard InChI is InChI=1S/C21H28N4O5S/c22-20(28)21-17(10-12-24(21)19(27)9-8-15-5-2-1-3-6-15)25(14-18(21)26)31(29,30)16-7-4-11-23-13-16/h4,7,11,13,15,17H,1-3,5-6,8-10,12,14H2,(H2,22,28). The molecular formula is C21H28N4O5S. The molecule has 4 rings (SSSR count). The molecule has 0 bridgehead atoms. The van der Waals surface area contributed by atoms with Gasteiger partial charge in [0.2, 0.25) is 15.9 Å². The van der Waals surface area contributed by atoms with Gasteiger partial charge in [0.05, 0.1) is 12.6 Å². The number of carbonyl (C=O) groups excluding carboxylic acids is 3. The fourth-order valence-corrected chi connectivity index (χ4v) is 7.06. The van der Waals surface area contributed by atoms with Crippen LogP contribution < -0.4 is 5.73 Å². The number of primary amides is 1. The van der Waals surface area contributed by atoms with Gasteiger partial charge < -0.3 is 10.6 Å². The second-order valence-corrected chi connectivity index (χ2v) is 10.6. The van der Waals surface area contributed by atoms with Gasteiger partial charge in [-0.15, -0.1) is 0 Å². The Morgan fingerprint density at radius 2 is 1.94 bits per heavy atom. The summed E-state index contributed by atoms with van der Waals surface area (Å²) in [4.78, 5) is 43.9. The van der Waals surface area contributed by atoms with Gasteiger partial charge >= 0.3 is 0 Å². The zero-order chi connectivity index (χ0) is 22.2. The quantitative estimate of drug-likeness (QED) is 0.642. The summed E-state index contributed by atoms with van der Waals surface area (Å²) in [5.74, 6) is -1.43. The van der Waals surface area contributed by atoms with Crippen LogP contribution in [-0.4, -0.2) is 64.9 Å². The summed E-state index contributed by atoms with van der Waals surface area (Å²) < 4.78 is 27.4. The molecule has 10 heteroatoms. The summed E-state index contributed by atoms with van der Waals surface area (Å²) in [5, 5.41) is 0. The number of aromatic nitrogens is 1. The zero-order valence-electron chi connectivity index (χ0n) is 17.4. The fraction of sp³-hybridized carbons (Fsp3) is 0.619. The van der Waals surface area contributed by atoms with Gasteiger partial charge in [0, 0.05) is 25.4 Å². The number of pyridine rings is 1. The molecule has 2 unspecified atom stereocenters. The van der Waals surface area contributed by atoms with Crippen molar-refractivity contribution < 1.29 is 22.8 Å². The van der Waals surface area contributed by atoms with Crippen molar-refractivity contribution in [3.05, 3.63) is 24.5 Å². The van der Waals surface area contributed by atoms with Crippen LogP contribution in [-0.2, 0) is 24.4 Å². The van der Waals surface area contributed by atoms with E-state index >= 15 is 0 Å². The minimum atomic E-state index is -4.07. The summed E-state index contributed by atoms with van der Waals surface area (Å²) in [7, 11) is -4.07. The number of hydrogen-bond donors (Lipinski definition) is 1. The van der Waals surface area contributed by atoms with Gasteiger partial charge in [-0.05, 0) is 30.9 Å². The van der Waals surface area contributed by atoms with E-state index < -0.39 is 39.8 Å². The highest BCUT2D eigenvalue weighted by atomic mass is 32.2. The molecule has 2 amide bonds. The first-order valence-electron chi connectivity index (χ1n) is 10.8. The van der Waals surface area contributed by atoms with Crippen LogP contribution in [0.4, 0.5) is 0 Å². The van der Waals surface area contributed by atoms with E-state index in [0.29, 0.717) is 12.3 Å². The van der Waals surface area contributed by atoms with Crippen LogP contribution in [0.1, 0.15) is 51.4 Å². The van der Waals surface area contributed by atoms with Crippen LogP contribution in [0.2, 0.25) is 0 Å². The summed E-state index contributed by atoms with van der Waals surface area (Å²) in [6, 6.07) is 1.88. The Balaban J connectivity index is 1.59. The van der Waals surface area contributed by atoms with Gasteiger partial charge in [0.25, 0.3) is 5.91 Å². The topological polar surface area (TPSA) is 131 Å². The number of amides is 2. The van der Waals surface area contributed by atoms with Crippen molar-refractivity contribution in [2.24, 2.45) is 11.7 Å². The Bertz CT molecular complexity index is 977. The molecule has 31 heavy (non-hydrogen) atoms. The predicted molar refractivity (Wildman–Crippen MR) is 111 cm³/mol. The maximum Gasteiger partial charge on any atom is 0.252 e. The summed E-state index contributed by atoms with van der Waals surface area (Å²) in [6.45, 7) is -0.362. The molecule has 0 aromatic carbocycles. The first kappa shape index (κ1) is 21.9. The highest BCUT2D eigenvalue weighted by Crippen LogP contribution is 2.42. The molecule has 2 saturated heterocycles. The second-order valence-electron chi connectivity index (χ2n) is 8.69. The normalized spacial score (nSPS) is 27.4. The number of sulfonamides is 1. The average Bonchev–Trinajstić information content (AvgIpc) is 3.31. The van der Waals surface area contributed by atoms with Crippen LogP contribution in [0.15, 0.2) is 29.4 Å². The van der Waals surface area contributed by atoms with Crippen molar-refractivity contribution in [1.29, 1.82) is 0 Å². The maximum atomic E-state index is 13.2. The highest BCUT2D eigenvalue weighted by Gasteiger charge is 2.68. The minimum absolute atomic E-state index is 0.0647. The Labute approximate surface area is 182 Å². The monoisotopic (exact) mass is 448 g/mol. The lowest BCUT2D eigenvalue weighted by Crippen LogP contribution is -2.64. The Kier molecular flexibility index (Phi) is 5.87. The molecule has 0 spiro atoms. The number of ketones is 1. The third-order valence-electron chi connectivity index (χ3n) is 7.02. The number of fused-ring (bicyclic) bond motifs is 1. The number of Topliss-reactive ketones (excluding diaryl/α,β-unsaturated/α-hetero) is 1. The molecule has 1 aliphatic carbocycles. The van der Waals surface area contributed by atoms with Crippen molar-refractivity contribution >= 4 is 27.6 Å². The molecule has 2 aliphatic heterocycles. The van der Waals surface area contributed by atoms with Crippen LogP contribution in [0.5, 0.6) is 0 Å². The minimum Gasteiger partial charge on any atom is -0.367 e. The first-order valence-corrected chi connectivity index (χ1v) is 12.3. The average molecular weight is 449 g/mol. The smallest absolute Gasteiger partial charge is 0.252 e. The third kappa shape index (κ3) is 3.55. The highest BCUT2D eigenvalue weighted by molar-refractivity contribution is 7.89. The van der Waals surface area contributed by atoms with Gasteiger partial charge in [-0.2, -0.15) is 4.31 Å². The molecule has 9 nitrogen and oxygen atoms in total. The Morgan fingerprint density at radius 1 is 1.19 bits per heavy atom. The molecule has 3 fully saturated rings. The Morgan fingerprint density at radius 3 is 2.58 bits per heavy atom. The molecule has 0 radical (unpaired) electrons. The van der Waals surface area contributed by atoms with Crippen molar-refractivity contribution in [2.75, 3.05) is 13.1 Å². The van der Waals surface area contributed by atoms with Crippen molar-refractivity contribution in [3.63, 3.8) is 0 Å². The number of hydrogen-bond acceptors (Lipinski definition) is 6. The van der Waals surface area contributed by atoms with E-state index in [1.54, 1.807) is 0 Å². The van der Waals surface area contributed by atoms with E-state index in [9.17, 15) is 22.8 Å². The van der Waals surface area contributed by atoms with E-state index in [-0.39, 0.29) is 30.2 Å². The third-order valence-corrected chi connectivity index (χ3v) is 8.85. The van der Waals surface area contributed by atoms with E-state index in [4.69, 9.17) is 5.73 Å². The molecule has 2 N–H and O–H groups in total. The van der Waals surface area contributed by atoms with Gasteiger partial charge in [-0.1, -0.05) is 32.1 Å². The molecule has 3 heterocycles. The van der Waals surface area contributed by atoms with Gasteiger partial charge in [-0.25, -0.2) is 8.42 Å². The largest absolute Gasteiger partial charge is 0.367 e. The molecule has 168 valence electrons. The van der Waals surface area contributed by atoms with Crippen LogP contribution in [0, 0.1) is 5.92 Å². The van der Waals surface area contributed by atoms with Crippen LogP contribution in [0.25, 0.3) is 0 Å². The van der Waals surface area contributed by atoms with Gasteiger partial charge in [-0.3, -0.25) is 19.4 Å². The SMILES string of the molecule is NC(=O)C12C(=O)CN(S(=O)(=O)c3cccnc3)C1CCN2C(=O)CCC1CCCCC1. The maximum absolute atomic E-state index is 13.2. The first-order chi connectivity index (χ1) is 14.8. The Hall–Kier alpha value is -2.33.